The highest BCUT2D eigenvalue weighted by Crippen LogP contribution is 2.00. The molecule has 0 aliphatic carbocycles. The van der Waals surface area contributed by atoms with Gasteiger partial charge in [-0.3, -0.25) is 0 Å². The second-order valence-corrected chi connectivity index (χ2v) is 3.40. The zero-order chi connectivity index (χ0) is 12.7. The van der Waals surface area contributed by atoms with Gasteiger partial charge in [0.05, 0.1) is 13.1 Å². The predicted octanol–water partition coefficient (Wildman–Crippen LogP) is 0.137. The number of aromatic nitrogens is 1. The lowest BCUT2D eigenvalue weighted by Gasteiger charge is -2.11. The second kappa shape index (κ2) is 6.87. The van der Waals surface area contributed by atoms with Gasteiger partial charge in [-0.25, -0.2) is 4.79 Å². The van der Waals surface area contributed by atoms with Crippen molar-refractivity contribution in [2.24, 2.45) is 0 Å². The molecule has 3 N–H and O–H groups in total. The standard InChI is InChI=1S/C10H17N3O4/c1-3-16-9(14)6-12-10(15)11-5-8-4-7(2)17-13-8/h4,9,14H,3,5-6H2,1-2H3,(H2,11,12,15). The van der Waals surface area contributed by atoms with Gasteiger partial charge in [-0.15, -0.1) is 0 Å². The van der Waals surface area contributed by atoms with Crippen LogP contribution in [0.5, 0.6) is 0 Å². The number of ether oxygens (including phenoxy) is 1. The fourth-order valence-electron chi connectivity index (χ4n) is 1.17. The van der Waals surface area contributed by atoms with Crippen LogP contribution >= 0.6 is 0 Å². The first-order valence-electron chi connectivity index (χ1n) is 5.35. The summed E-state index contributed by atoms with van der Waals surface area (Å²) < 4.78 is 9.69. The van der Waals surface area contributed by atoms with Crippen molar-refractivity contribution in [2.75, 3.05) is 13.2 Å². The van der Waals surface area contributed by atoms with Gasteiger partial charge in [-0.2, -0.15) is 0 Å². The fourth-order valence-corrected chi connectivity index (χ4v) is 1.17. The average Bonchev–Trinajstić information content (AvgIpc) is 2.70. The van der Waals surface area contributed by atoms with E-state index in [0.717, 1.165) is 0 Å². The van der Waals surface area contributed by atoms with Gasteiger partial charge in [-0.05, 0) is 13.8 Å². The van der Waals surface area contributed by atoms with Crippen molar-refractivity contribution in [3.8, 4) is 0 Å². The molecule has 0 aliphatic rings. The van der Waals surface area contributed by atoms with E-state index < -0.39 is 12.3 Å². The van der Waals surface area contributed by atoms with E-state index in [2.05, 4.69) is 15.8 Å². The molecular weight excluding hydrogens is 226 g/mol. The predicted molar refractivity (Wildman–Crippen MR) is 59.1 cm³/mol. The third kappa shape index (κ3) is 5.32. The fraction of sp³-hybridized carbons (Fsp3) is 0.600. The number of urea groups is 1. The highest BCUT2D eigenvalue weighted by atomic mass is 16.6. The highest BCUT2D eigenvalue weighted by Gasteiger charge is 2.07. The minimum atomic E-state index is -0.986. The number of carbonyl (C=O) groups is 1. The number of hydrogen-bond donors (Lipinski definition) is 3. The molecule has 1 aromatic heterocycles. The summed E-state index contributed by atoms with van der Waals surface area (Å²) in [6.45, 7) is 4.24. The minimum absolute atomic E-state index is 0.0392. The lowest BCUT2D eigenvalue weighted by atomic mass is 10.4. The number of aliphatic hydroxyl groups is 1. The summed E-state index contributed by atoms with van der Waals surface area (Å²) in [5.74, 6) is 0.689. The molecule has 0 radical (unpaired) electrons. The minimum Gasteiger partial charge on any atom is -0.366 e. The zero-order valence-corrected chi connectivity index (χ0v) is 9.90. The number of amides is 2. The third-order valence-electron chi connectivity index (χ3n) is 1.90. The van der Waals surface area contributed by atoms with E-state index in [9.17, 15) is 9.90 Å². The molecule has 0 bridgehead atoms. The maximum absolute atomic E-state index is 11.3. The van der Waals surface area contributed by atoms with E-state index in [4.69, 9.17) is 9.26 Å². The van der Waals surface area contributed by atoms with Gasteiger partial charge < -0.3 is 25.0 Å². The zero-order valence-electron chi connectivity index (χ0n) is 9.90. The molecule has 0 spiro atoms. The van der Waals surface area contributed by atoms with Crippen LogP contribution in [-0.2, 0) is 11.3 Å². The Bertz CT molecular complexity index is 353. The van der Waals surface area contributed by atoms with Crippen LogP contribution < -0.4 is 10.6 Å². The SMILES string of the molecule is CCOC(O)CNC(=O)NCc1cc(C)on1. The van der Waals surface area contributed by atoms with Crippen LogP contribution in [0.3, 0.4) is 0 Å². The van der Waals surface area contributed by atoms with Crippen LogP contribution in [-0.4, -0.2) is 35.7 Å². The van der Waals surface area contributed by atoms with Gasteiger partial charge in [0.1, 0.15) is 11.5 Å². The highest BCUT2D eigenvalue weighted by molar-refractivity contribution is 5.73. The molecule has 1 aromatic rings. The molecule has 1 heterocycles. The maximum atomic E-state index is 11.3. The van der Waals surface area contributed by atoms with Gasteiger partial charge in [0.25, 0.3) is 0 Å². The molecule has 96 valence electrons. The third-order valence-corrected chi connectivity index (χ3v) is 1.90. The van der Waals surface area contributed by atoms with Crippen molar-refractivity contribution in [3.63, 3.8) is 0 Å². The maximum Gasteiger partial charge on any atom is 0.315 e. The number of aryl methyl sites for hydroxylation is 1. The van der Waals surface area contributed by atoms with Crippen LogP contribution in [0.25, 0.3) is 0 Å². The molecule has 7 heteroatoms. The Morgan fingerprint density at radius 2 is 2.41 bits per heavy atom. The summed E-state index contributed by atoms with van der Waals surface area (Å²) in [6.07, 6.45) is -0.986. The number of aliphatic hydroxyl groups excluding tert-OH is 1. The Hall–Kier alpha value is -1.60. The number of nitrogens with zero attached hydrogens (tertiary/aromatic N) is 1. The molecule has 0 fully saturated rings. The van der Waals surface area contributed by atoms with E-state index >= 15 is 0 Å². The number of hydrogen-bond acceptors (Lipinski definition) is 5. The first kappa shape index (κ1) is 13.5. The Labute approximate surface area is 99.1 Å². The lowest BCUT2D eigenvalue weighted by Crippen LogP contribution is -2.40. The monoisotopic (exact) mass is 243 g/mol. The van der Waals surface area contributed by atoms with Crippen molar-refractivity contribution >= 4 is 6.03 Å². The topological polar surface area (TPSA) is 96.6 Å². The number of nitrogens with one attached hydrogen (secondary N) is 2. The summed E-state index contributed by atoms with van der Waals surface area (Å²) >= 11 is 0. The van der Waals surface area contributed by atoms with E-state index in [1.807, 2.05) is 0 Å². The van der Waals surface area contributed by atoms with Gasteiger partial charge in [0.2, 0.25) is 0 Å². The molecular formula is C10H17N3O4. The molecule has 1 unspecified atom stereocenters. The van der Waals surface area contributed by atoms with E-state index in [0.29, 0.717) is 18.1 Å². The molecule has 2 amide bonds. The first-order chi connectivity index (χ1) is 8.11. The Balaban J connectivity index is 2.17. The molecule has 7 nitrogen and oxygen atoms in total. The Kier molecular flexibility index (Phi) is 5.44. The second-order valence-electron chi connectivity index (χ2n) is 3.40. The molecule has 17 heavy (non-hydrogen) atoms. The van der Waals surface area contributed by atoms with Crippen molar-refractivity contribution in [1.29, 1.82) is 0 Å². The summed E-state index contributed by atoms with van der Waals surface area (Å²) in [6, 6.07) is 1.33. The van der Waals surface area contributed by atoms with Crippen molar-refractivity contribution in [1.82, 2.24) is 15.8 Å². The molecule has 1 atom stereocenters. The smallest absolute Gasteiger partial charge is 0.315 e. The summed E-state index contributed by atoms with van der Waals surface area (Å²) in [4.78, 5) is 11.3. The molecule has 0 saturated heterocycles. The lowest BCUT2D eigenvalue weighted by molar-refractivity contribution is -0.0897. The van der Waals surface area contributed by atoms with Crippen molar-refractivity contribution in [2.45, 2.75) is 26.7 Å². The normalized spacial score (nSPS) is 12.2. The van der Waals surface area contributed by atoms with Gasteiger partial charge >= 0.3 is 6.03 Å². The number of carbonyl (C=O) groups excluding carboxylic acids is 1. The van der Waals surface area contributed by atoms with Gasteiger partial charge in [0, 0.05) is 12.7 Å². The van der Waals surface area contributed by atoms with Crippen molar-refractivity contribution in [3.05, 3.63) is 17.5 Å². The van der Waals surface area contributed by atoms with Gasteiger partial charge in [-0.1, -0.05) is 5.16 Å². The first-order valence-corrected chi connectivity index (χ1v) is 5.35. The summed E-state index contributed by atoms with van der Waals surface area (Å²) in [5, 5.41) is 17.9. The molecule has 1 rings (SSSR count). The quantitative estimate of drug-likeness (QED) is 0.617. The Morgan fingerprint density at radius 1 is 1.65 bits per heavy atom. The van der Waals surface area contributed by atoms with Gasteiger partial charge in [0.15, 0.2) is 6.29 Å². The molecule has 0 saturated carbocycles. The van der Waals surface area contributed by atoms with Crippen LogP contribution in [0.15, 0.2) is 10.6 Å². The largest absolute Gasteiger partial charge is 0.366 e. The summed E-state index contributed by atoms with van der Waals surface area (Å²) in [7, 11) is 0. The van der Waals surface area contributed by atoms with E-state index in [1.54, 1.807) is 19.9 Å². The summed E-state index contributed by atoms with van der Waals surface area (Å²) in [5.41, 5.74) is 0.642. The van der Waals surface area contributed by atoms with E-state index in [1.165, 1.54) is 0 Å². The van der Waals surface area contributed by atoms with Crippen LogP contribution in [0.4, 0.5) is 4.79 Å². The van der Waals surface area contributed by atoms with Crippen LogP contribution in [0, 0.1) is 6.92 Å². The molecule has 0 aromatic carbocycles. The van der Waals surface area contributed by atoms with E-state index in [-0.39, 0.29) is 13.1 Å². The molecule has 0 aliphatic heterocycles. The van der Waals surface area contributed by atoms with Crippen LogP contribution in [0.1, 0.15) is 18.4 Å². The average molecular weight is 243 g/mol. The Morgan fingerprint density at radius 3 is 3.00 bits per heavy atom. The van der Waals surface area contributed by atoms with Crippen molar-refractivity contribution < 1.29 is 19.2 Å². The van der Waals surface area contributed by atoms with Crippen LogP contribution in [0.2, 0.25) is 0 Å². The number of rotatable bonds is 6.